The molecule has 0 aliphatic carbocycles. The number of hydrogen-bond acceptors (Lipinski definition) is 6. The Balaban J connectivity index is 0. The molecule has 0 bridgehead atoms. The van der Waals surface area contributed by atoms with Crippen molar-refractivity contribution < 1.29 is 47.9 Å². The summed E-state index contributed by atoms with van der Waals surface area (Å²) in [7, 11) is 0. The van der Waals surface area contributed by atoms with Gasteiger partial charge >= 0.3 is 33.9 Å². The molecule has 2 aromatic heterocycles. The van der Waals surface area contributed by atoms with Crippen LogP contribution < -0.4 is 4.72 Å². The van der Waals surface area contributed by atoms with Crippen molar-refractivity contribution in [3.8, 4) is 0 Å². The van der Waals surface area contributed by atoms with Crippen molar-refractivity contribution in [2.45, 2.75) is 45.2 Å². The largest absolute Gasteiger partial charge is 0 e. The van der Waals surface area contributed by atoms with Crippen LogP contribution in [0.3, 0.4) is 0 Å². The van der Waals surface area contributed by atoms with Crippen molar-refractivity contribution in [3.63, 3.8) is 0 Å². The average molecular weight is 736 g/mol. The third-order valence-corrected chi connectivity index (χ3v) is 5.65. The third-order valence-electron chi connectivity index (χ3n) is 5.25. The molecule has 12 heteroatoms. The summed E-state index contributed by atoms with van der Waals surface area (Å²) in [6.45, 7) is 15.9. The summed E-state index contributed by atoms with van der Waals surface area (Å²) >= 11 is -2.33. The number of benzene rings is 1. The number of unbranched alkanes of at least 4 members (excludes halogenated alkanes) is 1. The zero-order chi connectivity index (χ0) is 29.3. The number of aromatic nitrogens is 2. The third kappa shape index (κ3) is 18.3. The molecule has 211 valence electrons. The second-order valence-corrected chi connectivity index (χ2v) is 8.56. The first-order chi connectivity index (χ1) is 19.1. The number of carbonyl (C=O) groups excluding carboxylic acids is 1. The number of carbonyl (C=O) groups is 1. The van der Waals surface area contributed by atoms with E-state index in [4.69, 9.17) is 14.0 Å². The Hall–Kier alpha value is -3.06. The van der Waals surface area contributed by atoms with Gasteiger partial charge < -0.3 is 9.27 Å². The first-order valence-electron chi connectivity index (χ1n) is 11.7. The monoisotopic (exact) mass is 736 g/mol. The summed E-state index contributed by atoms with van der Waals surface area (Å²) in [5.41, 5.74) is 3.57. The fourth-order valence-electron chi connectivity index (χ4n) is 3.56. The average Bonchev–Trinajstić information content (AvgIpc) is 2.99. The van der Waals surface area contributed by atoms with E-state index in [0.717, 1.165) is 49.4 Å². The van der Waals surface area contributed by atoms with Gasteiger partial charge in [-0.3, -0.25) is 23.9 Å². The molecule has 0 aliphatic heterocycles. The fraction of sp³-hybridized carbons (Fsp3) is 0.286. The molecule has 1 unspecified atom stereocenters. The molecule has 0 saturated heterocycles. The van der Waals surface area contributed by atoms with Gasteiger partial charge in [0.25, 0.3) is 0 Å². The van der Waals surface area contributed by atoms with Crippen LogP contribution in [-0.2, 0) is 70.0 Å². The summed E-state index contributed by atoms with van der Waals surface area (Å²) in [4.78, 5) is 23.5. The molecule has 3 rings (SSSR count). The SMILES string of the molecule is O=C(CCCCN(Cc1ccccn1)Cc1ccccn1)CCc1ccc(NS(=O)[O-])cc1.[C-]#[O+].[C-]#[O+].[C-]#[O+].[Re]. The van der Waals surface area contributed by atoms with Gasteiger partial charge in [-0.05, 0) is 67.8 Å². The van der Waals surface area contributed by atoms with E-state index >= 15 is 0 Å². The molecule has 10 nitrogen and oxygen atoms in total. The molecule has 3 aromatic rings. The van der Waals surface area contributed by atoms with Crippen molar-refractivity contribution in [2.24, 2.45) is 0 Å². The topological polar surface area (TPSA) is 158 Å². The van der Waals surface area contributed by atoms with Gasteiger partial charge in [-0.2, -0.15) is 0 Å². The zero-order valence-corrected chi connectivity index (χ0v) is 25.2. The first-order valence-corrected chi connectivity index (χ1v) is 12.8. The fourth-order valence-corrected chi connectivity index (χ4v) is 3.89. The number of aryl methyl sites for hydroxylation is 1. The molecule has 1 aromatic carbocycles. The van der Waals surface area contributed by atoms with E-state index in [0.29, 0.717) is 24.9 Å². The second kappa shape index (κ2) is 26.2. The molecule has 0 aliphatic rings. The summed E-state index contributed by atoms with van der Waals surface area (Å²) in [5.74, 6) is 0.249. The van der Waals surface area contributed by atoms with E-state index in [1.54, 1.807) is 12.1 Å². The Morgan fingerprint density at radius 1 is 0.825 bits per heavy atom. The zero-order valence-electron chi connectivity index (χ0n) is 21.7. The van der Waals surface area contributed by atoms with Crippen LogP contribution in [-0.4, -0.2) is 36.0 Å². The number of pyridine rings is 2. The van der Waals surface area contributed by atoms with Crippen molar-refractivity contribution in [2.75, 3.05) is 11.3 Å². The van der Waals surface area contributed by atoms with E-state index in [1.165, 1.54) is 0 Å². The number of anilines is 1. The number of nitrogens with zero attached hydrogens (tertiary/aromatic N) is 3. The maximum absolute atomic E-state index is 12.3. The molecule has 1 radical (unpaired) electrons. The van der Waals surface area contributed by atoms with E-state index in [1.807, 2.05) is 60.9 Å². The Bertz CT molecular complexity index is 1090. The number of rotatable bonds is 14. The van der Waals surface area contributed by atoms with Gasteiger partial charge in [0.2, 0.25) is 0 Å². The molecular formula is C28H29N4O6ReS-. The number of hydrogen-bond donors (Lipinski definition) is 1. The van der Waals surface area contributed by atoms with Crippen LogP contribution in [0.1, 0.15) is 42.6 Å². The molecule has 0 spiro atoms. The van der Waals surface area contributed by atoms with Crippen LogP contribution in [0, 0.1) is 20.0 Å². The Morgan fingerprint density at radius 3 is 1.80 bits per heavy atom. The van der Waals surface area contributed by atoms with E-state index in [-0.39, 0.29) is 26.2 Å². The van der Waals surface area contributed by atoms with Gasteiger partial charge in [-0.1, -0.05) is 24.3 Å². The smallest absolute Gasteiger partial charge is 0 e. The predicted molar refractivity (Wildman–Crippen MR) is 141 cm³/mol. The first kappa shape index (κ1) is 39.1. The predicted octanol–water partition coefficient (Wildman–Crippen LogP) is 3.94. The number of ketones is 1. The van der Waals surface area contributed by atoms with Crippen LogP contribution >= 0.6 is 0 Å². The van der Waals surface area contributed by atoms with Crippen LogP contribution in [0.2, 0.25) is 0 Å². The molecule has 40 heavy (non-hydrogen) atoms. The van der Waals surface area contributed by atoms with Crippen molar-refractivity contribution in [1.82, 2.24) is 14.9 Å². The van der Waals surface area contributed by atoms with Gasteiger partial charge in [-0.15, -0.1) is 0 Å². The van der Waals surface area contributed by atoms with Crippen molar-refractivity contribution >= 4 is 22.7 Å². The molecule has 0 fully saturated rings. The van der Waals surface area contributed by atoms with Crippen molar-refractivity contribution in [3.05, 3.63) is 110 Å². The van der Waals surface area contributed by atoms with Gasteiger partial charge in [0, 0.05) is 75.7 Å². The summed E-state index contributed by atoms with van der Waals surface area (Å²) in [5, 5.41) is 0. The quantitative estimate of drug-likeness (QED) is 0.114. The Morgan fingerprint density at radius 2 is 1.35 bits per heavy atom. The molecule has 0 amide bonds. The number of nitrogens with one attached hydrogen (secondary N) is 1. The molecule has 2 heterocycles. The van der Waals surface area contributed by atoms with Gasteiger partial charge in [0.05, 0.1) is 11.4 Å². The van der Waals surface area contributed by atoms with Crippen molar-refractivity contribution in [1.29, 1.82) is 0 Å². The minimum Gasteiger partial charge on any atom is 0 e. The van der Waals surface area contributed by atoms with Gasteiger partial charge in [-0.25, -0.2) is 0 Å². The minimum atomic E-state index is -2.33. The van der Waals surface area contributed by atoms with E-state index in [9.17, 15) is 13.6 Å². The summed E-state index contributed by atoms with van der Waals surface area (Å²) < 4.78 is 46.1. The van der Waals surface area contributed by atoms with Gasteiger partial charge in [0.1, 0.15) is 5.78 Å². The summed E-state index contributed by atoms with van der Waals surface area (Å²) in [6.07, 6.45) is 7.10. The molecule has 0 saturated carbocycles. The second-order valence-electron chi connectivity index (χ2n) is 7.88. The molecular weight excluding hydrogens is 707 g/mol. The Labute approximate surface area is 251 Å². The van der Waals surface area contributed by atoms with Crippen LogP contribution in [0.5, 0.6) is 0 Å². The standard InChI is InChI=1S/C25H30N4O3S.3CO.Re/c30-25(15-12-21-10-13-22(14-11-21)28-33(31)32)9-3-6-18-29(19-23-7-1-4-16-26-23)20-24-8-2-5-17-27-24;3*1-2;/h1-2,4-5,7-8,10-11,13-14,16-17,28H,3,6,9,12,15,18-20H2,(H,31,32);;;;/p-1. The normalized spacial score (nSPS) is 10.0. The minimum absolute atomic E-state index is 0. The maximum atomic E-state index is 12.3. The summed E-state index contributed by atoms with van der Waals surface area (Å²) in [6, 6.07) is 19.0. The molecule has 1 N–H and O–H groups in total. The maximum Gasteiger partial charge on any atom is 0 e. The van der Waals surface area contributed by atoms with Crippen LogP contribution in [0.15, 0.2) is 73.1 Å². The number of Topliss-reactive ketones (excluding diaryl/α,β-unsaturated/α-hetero) is 1. The van der Waals surface area contributed by atoms with E-state index < -0.39 is 11.3 Å². The van der Waals surface area contributed by atoms with Crippen LogP contribution in [0.4, 0.5) is 5.69 Å². The Kier molecular flexibility index (Phi) is 25.6. The molecule has 1 atom stereocenters. The van der Waals surface area contributed by atoms with E-state index in [2.05, 4.69) is 39.5 Å². The van der Waals surface area contributed by atoms with Crippen LogP contribution in [0.25, 0.3) is 0 Å². The van der Waals surface area contributed by atoms with Gasteiger partial charge in [0.15, 0.2) is 0 Å².